The van der Waals surface area contributed by atoms with Crippen LogP contribution >= 0.6 is 0 Å². The van der Waals surface area contributed by atoms with Crippen LogP contribution in [0.5, 0.6) is 5.75 Å². The van der Waals surface area contributed by atoms with E-state index in [2.05, 4.69) is 5.32 Å². The van der Waals surface area contributed by atoms with E-state index in [0.717, 1.165) is 5.56 Å². The molecule has 0 saturated carbocycles. The Balaban J connectivity index is 2.05. The van der Waals surface area contributed by atoms with Crippen molar-refractivity contribution in [2.45, 2.75) is 13.0 Å². The molecule has 1 amide bonds. The average molecular weight is 326 g/mol. The highest BCUT2D eigenvalue weighted by atomic mass is 16.6. The molecule has 2 rings (SSSR count). The van der Waals surface area contributed by atoms with Gasteiger partial charge in [0.1, 0.15) is 5.75 Å². The summed E-state index contributed by atoms with van der Waals surface area (Å²) in [7, 11) is 1.58. The quantitative estimate of drug-likeness (QED) is 0.500. The van der Waals surface area contributed by atoms with Gasteiger partial charge < -0.3 is 10.1 Å². The number of carbonyl (C=O) groups is 1. The van der Waals surface area contributed by atoms with Crippen molar-refractivity contribution in [3.05, 3.63) is 75.8 Å². The summed E-state index contributed by atoms with van der Waals surface area (Å²) in [4.78, 5) is 22.3. The van der Waals surface area contributed by atoms with Crippen LogP contribution in [-0.2, 0) is 4.79 Å². The van der Waals surface area contributed by atoms with Crippen molar-refractivity contribution < 1.29 is 14.5 Å². The van der Waals surface area contributed by atoms with Crippen molar-refractivity contribution in [1.29, 1.82) is 0 Å². The lowest BCUT2D eigenvalue weighted by molar-refractivity contribution is -0.384. The Bertz CT molecular complexity index is 771. The summed E-state index contributed by atoms with van der Waals surface area (Å²) in [5, 5.41) is 13.6. The van der Waals surface area contributed by atoms with Crippen LogP contribution in [0.15, 0.2) is 54.6 Å². The zero-order chi connectivity index (χ0) is 17.5. The maximum Gasteiger partial charge on any atom is 0.270 e. The SMILES string of the molecule is COc1ccccc1C(C)NC(=O)C=Cc1cccc([N+](=O)[O-])c1. The lowest BCUT2D eigenvalue weighted by atomic mass is 10.1. The second kappa shape index (κ2) is 7.92. The highest BCUT2D eigenvalue weighted by Crippen LogP contribution is 2.24. The Morgan fingerprint density at radius 1 is 1.25 bits per heavy atom. The monoisotopic (exact) mass is 326 g/mol. The number of hydrogen-bond donors (Lipinski definition) is 1. The Morgan fingerprint density at radius 3 is 2.71 bits per heavy atom. The van der Waals surface area contributed by atoms with Gasteiger partial charge >= 0.3 is 0 Å². The fraction of sp³-hybridized carbons (Fsp3) is 0.167. The minimum absolute atomic E-state index is 0.0139. The zero-order valence-corrected chi connectivity index (χ0v) is 13.4. The molecule has 1 atom stereocenters. The first-order chi connectivity index (χ1) is 11.5. The molecular weight excluding hydrogens is 308 g/mol. The van der Waals surface area contributed by atoms with E-state index in [0.29, 0.717) is 11.3 Å². The zero-order valence-electron chi connectivity index (χ0n) is 13.4. The van der Waals surface area contributed by atoms with E-state index in [1.807, 2.05) is 31.2 Å². The molecule has 6 nitrogen and oxygen atoms in total. The molecule has 0 aromatic heterocycles. The van der Waals surface area contributed by atoms with E-state index in [1.54, 1.807) is 19.2 Å². The van der Waals surface area contributed by atoms with Gasteiger partial charge in [-0.15, -0.1) is 0 Å². The molecule has 2 aromatic rings. The van der Waals surface area contributed by atoms with Gasteiger partial charge in [-0.25, -0.2) is 0 Å². The largest absolute Gasteiger partial charge is 0.496 e. The second-order valence-corrected chi connectivity index (χ2v) is 5.16. The first-order valence-corrected chi connectivity index (χ1v) is 7.37. The third kappa shape index (κ3) is 4.42. The van der Waals surface area contributed by atoms with Gasteiger partial charge in [0.25, 0.3) is 5.69 Å². The van der Waals surface area contributed by atoms with Gasteiger partial charge in [-0.2, -0.15) is 0 Å². The molecule has 6 heteroatoms. The number of benzene rings is 2. The van der Waals surface area contributed by atoms with Crippen LogP contribution in [0.4, 0.5) is 5.69 Å². The van der Waals surface area contributed by atoms with Gasteiger partial charge in [0.2, 0.25) is 5.91 Å². The number of methoxy groups -OCH3 is 1. The molecule has 2 aromatic carbocycles. The highest BCUT2D eigenvalue weighted by Gasteiger charge is 2.12. The van der Waals surface area contributed by atoms with Gasteiger partial charge in [-0.3, -0.25) is 14.9 Å². The number of rotatable bonds is 6. The number of amides is 1. The molecule has 0 aliphatic carbocycles. The van der Waals surface area contributed by atoms with Crippen molar-refractivity contribution in [1.82, 2.24) is 5.32 Å². The van der Waals surface area contributed by atoms with E-state index in [-0.39, 0.29) is 17.6 Å². The summed E-state index contributed by atoms with van der Waals surface area (Å²) >= 11 is 0. The second-order valence-electron chi connectivity index (χ2n) is 5.16. The Morgan fingerprint density at radius 2 is 2.00 bits per heavy atom. The van der Waals surface area contributed by atoms with Crippen LogP contribution < -0.4 is 10.1 Å². The van der Waals surface area contributed by atoms with E-state index >= 15 is 0 Å². The maximum atomic E-state index is 12.0. The van der Waals surface area contributed by atoms with E-state index in [1.165, 1.54) is 24.3 Å². The molecule has 124 valence electrons. The fourth-order valence-corrected chi connectivity index (χ4v) is 2.28. The minimum Gasteiger partial charge on any atom is -0.496 e. The number of non-ortho nitro benzene ring substituents is 1. The molecule has 0 heterocycles. The van der Waals surface area contributed by atoms with Crippen molar-refractivity contribution in [2.75, 3.05) is 7.11 Å². The maximum absolute atomic E-state index is 12.0. The lowest BCUT2D eigenvalue weighted by Crippen LogP contribution is -2.24. The Hall–Kier alpha value is -3.15. The van der Waals surface area contributed by atoms with Crippen LogP contribution in [-0.4, -0.2) is 17.9 Å². The van der Waals surface area contributed by atoms with Crippen molar-refractivity contribution in [3.8, 4) is 5.75 Å². The number of ether oxygens (including phenoxy) is 1. The smallest absolute Gasteiger partial charge is 0.270 e. The number of carbonyl (C=O) groups excluding carboxylic acids is 1. The lowest BCUT2D eigenvalue weighted by Gasteiger charge is -2.16. The molecule has 0 bridgehead atoms. The number of nitro benzene ring substituents is 1. The van der Waals surface area contributed by atoms with Crippen molar-refractivity contribution in [2.24, 2.45) is 0 Å². The van der Waals surface area contributed by atoms with Crippen molar-refractivity contribution >= 4 is 17.7 Å². The third-order valence-electron chi connectivity index (χ3n) is 3.47. The van der Waals surface area contributed by atoms with Crippen LogP contribution in [0.2, 0.25) is 0 Å². The molecular formula is C18H18N2O4. The van der Waals surface area contributed by atoms with Crippen LogP contribution in [0.25, 0.3) is 6.08 Å². The van der Waals surface area contributed by atoms with Crippen molar-refractivity contribution in [3.63, 3.8) is 0 Å². The van der Waals surface area contributed by atoms with E-state index < -0.39 is 4.92 Å². The highest BCUT2D eigenvalue weighted by molar-refractivity contribution is 5.92. The first kappa shape index (κ1) is 17.2. The van der Waals surface area contributed by atoms with Crippen LogP contribution in [0, 0.1) is 10.1 Å². The van der Waals surface area contributed by atoms with E-state index in [4.69, 9.17) is 4.74 Å². The van der Waals surface area contributed by atoms with E-state index in [9.17, 15) is 14.9 Å². The molecule has 0 saturated heterocycles. The molecule has 0 aliphatic rings. The Kier molecular flexibility index (Phi) is 5.68. The number of nitrogens with zero attached hydrogens (tertiary/aromatic N) is 1. The van der Waals surface area contributed by atoms with Crippen LogP contribution in [0.3, 0.4) is 0 Å². The standard InChI is InChI=1S/C18H18N2O4/c1-13(16-8-3-4-9-17(16)24-2)19-18(21)11-10-14-6-5-7-15(12-14)20(22)23/h3-13H,1-2H3,(H,19,21). The molecule has 0 radical (unpaired) electrons. The first-order valence-electron chi connectivity index (χ1n) is 7.37. The fourth-order valence-electron chi connectivity index (χ4n) is 2.28. The number of nitrogens with one attached hydrogen (secondary N) is 1. The van der Waals surface area contributed by atoms with Crippen LogP contribution in [0.1, 0.15) is 24.1 Å². The summed E-state index contributed by atoms with van der Waals surface area (Å²) in [6.07, 6.45) is 2.89. The minimum atomic E-state index is -0.471. The average Bonchev–Trinajstić information content (AvgIpc) is 2.60. The van der Waals surface area contributed by atoms with Gasteiger partial charge in [0.05, 0.1) is 18.1 Å². The predicted octanol–water partition coefficient (Wildman–Crippen LogP) is 3.49. The number of nitro groups is 1. The summed E-state index contributed by atoms with van der Waals surface area (Å²) < 4.78 is 5.28. The molecule has 0 spiro atoms. The topological polar surface area (TPSA) is 81.5 Å². The van der Waals surface area contributed by atoms with Gasteiger partial charge in [-0.1, -0.05) is 30.3 Å². The molecule has 0 fully saturated rings. The predicted molar refractivity (Wildman–Crippen MR) is 91.7 cm³/mol. The normalized spacial score (nSPS) is 11.9. The summed E-state index contributed by atoms with van der Waals surface area (Å²) in [6.45, 7) is 1.86. The molecule has 1 N–H and O–H groups in total. The van der Waals surface area contributed by atoms with Gasteiger partial charge in [0, 0.05) is 23.8 Å². The number of hydrogen-bond acceptors (Lipinski definition) is 4. The molecule has 1 unspecified atom stereocenters. The third-order valence-corrected chi connectivity index (χ3v) is 3.47. The summed E-state index contributed by atoms with van der Waals surface area (Å²) in [5.74, 6) is 0.410. The van der Waals surface area contributed by atoms with Gasteiger partial charge in [0.15, 0.2) is 0 Å². The van der Waals surface area contributed by atoms with Gasteiger partial charge in [-0.05, 0) is 24.6 Å². The Labute approximate surface area is 139 Å². The summed E-state index contributed by atoms with van der Waals surface area (Å²) in [5.41, 5.74) is 1.45. The molecule has 24 heavy (non-hydrogen) atoms. The number of para-hydroxylation sites is 1. The summed E-state index contributed by atoms with van der Waals surface area (Å²) in [6, 6.07) is 13.3. The molecule has 0 aliphatic heterocycles.